The summed E-state index contributed by atoms with van der Waals surface area (Å²) < 4.78 is 0. The topological polar surface area (TPSA) is 55.3 Å². The van der Waals surface area contributed by atoms with Gasteiger partial charge in [-0.3, -0.25) is 0 Å². The lowest BCUT2D eigenvalue weighted by atomic mass is 10.2. The lowest BCUT2D eigenvalue weighted by Crippen LogP contribution is -2.21. The fourth-order valence-corrected chi connectivity index (χ4v) is 1.73. The Hall–Kier alpha value is -2.16. The first kappa shape index (κ1) is 14.9. The van der Waals surface area contributed by atoms with Crippen LogP contribution in [0.2, 0.25) is 0 Å². The van der Waals surface area contributed by atoms with Gasteiger partial charge in [-0.2, -0.15) is 0 Å². The lowest BCUT2D eigenvalue weighted by molar-refractivity contribution is 0.866. The summed E-state index contributed by atoms with van der Waals surface area (Å²) in [6.07, 6.45) is 0. The Labute approximate surface area is 115 Å². The third kappa shape index (κ3) is 5.34. The third-order valence-corrected chi connectivity index (χ3v) is 2.82. The molecule has 19 heavy (non-hydrogen) atoms. The van der Waals surface area contributed by atoms with E-state index in [9.17, 15) is 0 Å². The fourth-order valence-electron chi connectivity index (χ4n) is 1.73. The summed E-state index contributed by atoms with van der Waals surface area (Å²) in [4.78, 5) is 2.29. The van der Waals surface area contributed by atoms with E-state index in [4.69, 9.17) is 11.5 Å². The van der Waals surface area contributed by atoms with Gasteiger partial charge >= 0.3 is 0 Å². The summed E-state index contributed by atoms with van der Waals surface area (Å²) in [5.41, 5.74) is 13.8. The predicted molar refractivity (Wildman–Crippen MR) is 85.3 cm³/mol. The second-order valence-electron chi connectivity index (χ2n) is 4.17. The molecular weight excluding hydrogens is 234 g/mol. The number of nitrogens with zero attached hydrogens (tertiary/aromatic N) is 1. The van der Waals surface area contributed by atoms with E-state index in [0.717, 1.165) is 24.5 Å². The van der Waals surface area contributed by atoms with Gasteiger partial charge in [0.15, 0.2) is 0 Å². The summed E-state index contributed by atoms with van der Waals surface area (Å²) in [6, 6.07) is 17.5. The number of nitrogen functional groups attached to an aromatic ring is 2. The van der Waals surface area contributed by atoms with Crippen molar-refractivity contribution in [3.63, 3.8) is 0 Å². The van der Waals surface area contributed by atoms with Gasteiger partial charge in [0.25, 0.3) is 0 Å². The van der Waals surface area contributed by atoms with Crippen LogP contribution in [0.25, 0.3) is 0 Å². The van der Waals surface area contributed by atoms with Gasteiger partial charge < -0.3 is 16.4 Å². The Balaban J connectivity index is 0.000000218. The summed E-state index contributed by atoms with van der Waals surface area (Å²) in [6.45, 7) is 6.39. The van der Waals surface area contributed by atoms with Crippen molar-refractivity contribution < 1.29 is 0 Å². The van der Waals surface area contributed by atoms with Gasteiger partial charge in [0.2, 0.25) is 0 Å². The van der Waals surface area contributed by atoms with Gasteiger partial charge in [-0.15, -0.1) is 0 Å². The van der Waals surface area contributed by atoms with Gasteiger partial charge in [0.1, 0.15) is 0 Å². The lowest BCUT2D eigenvalue weighted by Gasteiger charge is -2.20. The quantitative estimate of drug-likeness (QED) is 0.829. The second kappa shape index (κ2) is 8.03. The average molecular weight is 257 g/mol. The van der Waals surface area contributed by atoms with Gasteiger partial charge in [0.05, 0.1) is 0 Å². The van der Waals surface area contributed by atoms with Crippen LogP contribution in [0.15, 0.2) is 54.6 Å². The van der Waals surface area contributed by atoms with Crippen molar-refractivity contribution in [3.05, 3.63) is 54.6 Å². The van der Waals surface area contributed by atoms with E-state index < -0.39 is 0 Å². The molecule has 0 spiro atoms. The van der Waals surface area contributed by atoms with Crippen molar-refractivity contribution in [1.29, 1.82) is 0 Å². The number of hydrogen-bond acceptors (Lipinski definition) is 3. The SMILES string of the molecule is CCN(CC)c1ccc(N)cc1.Nc1ccccc1. The van der Waals surface area contributed by atoms with Gasteiger partial charge in [-0.25, -0.2) is 0 Å². The average Bonchev–Trinajstić information content (AvgIpc) is 2.44. The minimum atomic E-state index is 0.822. The number of nitrogens with two attached hydrogens (primary N) is 2. The Morgan fingerprint density at radius 2 is 1.21 bits per heavy atom. The Kier molecular flexibility index (Phi) is 6.30. The molecule has 0 amide bonds. The summed E-state index contributed by atoms with van der Waals surface area (Å²) >= 11 is 0. The van der Waals surface area contributed by atoms with Gasteiger partial charge in [-0.1, -0.05) is 18.2 Å². The van der Waals surface area contributed by atoms with Crippen LogP contribution in [0.5, 0.6) is 0 Å². The van der Waals surface area contributed by atoms with Crippen LogP contribution in [0.4, 0.5) is 17.1 Å². The van der Waals surface area contributed by atoms with Crippen LogP contribution in [0.3, 0.4) is 0 Å². The molecule has 0 aliphatic heterocycles. The zero-order chi connectivity index (χ0) is 14.1. The molecule has 0 saturated heterocycles. The normalized spacial score (nSPS) is 9.37. The van der Waals surface area contributed by atoms with Crippen LogP contribution in [0.1, 0.15) is 13.8 Å². The number of benzene rings is 2. The Morgan fingerprint density at radius 3 is 1.58 bits per heavy atom. The van der Waals surface area contributed by atoms with Crippen molar-refractivity contribution in [1.82, 2.24) is 0 Å². The molecule has 3 heteroatoms. The summed E-state index contributed by atoms with van der Waals surface area (Å²) in [5, 5.41) is 0. The van der Waals surface area contributed by atoms with Crippen LogP contribution >= 0.6 is 0 Å². The van der Waals surface area contributed by atoms with Crippen LogP contribution < -0.4 is 16.4 Å². The molecule has 0 saturated carbocycles. The molecule has 102 valence electrons. The van der Waals surface area contributed by atoms with E-state index in [1.807, 2.05) is 42.5 Å². The molecule has 0 bridgehead atoms. The monoisotopic (exact) mass is 257 g/mol. The fraction of sp³-hybridized carbons (Fsp3) is 0.250. The van der Waals surface area contributed by atoms with Crippen molar-refractivity contribution in [2.24, 2.45) is 0 Å². The highest BCUT2D eigenvalue weighted by atomic mass is 15.1. The zero-order valence-corrected chi connectivity index (χ0v) is 11.7. The number of hydrogen-bond donors (Lipinski definition) is 2. The van der Waals surface area contributed by atoms with Crippen LogP contribution in [-0.2, 0) is 0 Å². The Morgan fingerprint density at radius 1 is 0.737 bits per heavy atom. The summed E-state index contributed by atoms with van der Waals surface area (Å²) in [5.74, 6) is 0. The molecule has 0 atom stereocenters. The maximum Gasteiger partial charge on any atom is 0.0367 e. The van der Waals surface area contributed by atoms with Crippen molar-refractivity contribution in [2.45, 2.75) is 13.8 Å². The number of anilines is 3. The highest BCUT2D eigenvalue weighted by Gasteiger charge is 1.99. The van der Waals surface area contributed by atoms with E-state index in [1.54, 1.807) is 0 Å². The molecule has 0 unspecified atom stereocenters. The Bertz CT molecular complexity index is 447. The predicted octanol–water partition coefficient (Wildman–Crippen LogP) is 3.38. The molecule has 0 aromatic heterocycles. The van der Waals surface area contributed by atoms with Crippen LogP contribution in [0, 0.1) is 0 Å². The van der Waals surface area contributed by atoms with E-state index in [1.165, 1.54) is 5.69 Å². The molecule has 0 radical (unpaired) electrons. The highest BCUT2D eigenvalue weighted by Crippen LogP contribution is 2.15. The maximum absolute atomic E-state index is 5.59. The van der Waals surface area contributed by atoms with E-state index in [2.05, 4.69) is 30.9 Å². The highest BCUT2D eigenvalue weighted by molar-refractivity contribution is 5.52. The standard InChI is InChI=1S/C10H16N2.C6H7N/c1-3-12(4-2)10-7-5-9(11)6-8-10;7-6-4-2-1-3-5-6/h5-8H,3-4,11H2,1-2H3;1-5H,7H2. The van der Waals surface area contributed by atoms with Crippen molar-refractivity contribution >= 4 is 17.1 Å². The molecule has 4 N–H and O–H groups in total. The van der Waals surface area contributed by atoms with Crippen molar-refractivity contribution in [2.75, 3.05) is 29.5 Å². The van der Waals surface area contributed by atoms with E-state index in [-0.39, 0.29) is 0 Å². The first-order chi connectivity index (χ1) is 9.17. The van der Waals surface area contributed by atoms with E-state index in [0.29, 0.717) is 0 Å². The molecular formula is C16H23N3. The zero-order valence-electron chi connectivity index (χ0n) is 11.7. The van der Waals surface area contributed by atoms with Crippen LogP contribution in [-0.4, -0.2) is 13.1 Å². The van der Waals surface area contributed by atoms with E-state index >= 15 is 0 Å². The molecule has 0 aliphatic carbocycles. The molecule has 0 aliphatic rings. The summed E-state index contributed by atoms with van der Waals surface area (Å²) in [7, 11) is 0. The third-order valence-electron chi connectivity index (χ3n) is 2.82. The maximum atomic E-state index is 5.59. The smallest absolute Gasteiger partial charge is 0.0367 e. The molecule has 0 fully saturated rings. The molecule has 2 aromatic carbocycles. The molecule has 2 rings (SSSR count). The number of rotatable bonds is 3. The number of para-hydroxylation sites is 1. The molecule has 0 heterocycles. The minimum absolute atomic E-state index is 0.822. The molecule has 2 aromatic rings. The first-order valence-corrected chi connectivity index (χ1v) is 6.58. The minimum Gasteiger partial charge on any atom is -0.399 e. The largest absolute Gasteiger partial charge is 0.399 e. The van der Waals surface area contributed by atoms with Crippen molar-refractivity contribution in [3.8, 4) is 0 Å². The van der Waals surface area contributed by atoms with Gasteiger partial charge in [0, 0.05) is 30.2 Å². The molecule has 3 nitrogen and oxygen atoms in total. The van der Waals surface area contributed by atoms with Gasteiger partial charge in [-0.05, 0) is 50.2 Å². The first-order valence-electron chi connectivity index (χ1n) is 6.58. The second-order valence-corrected chi connectivity index (χ2v) is 4.17.